The van der Waals surface area contributed by atoms with Crippen LogP contribution in [0.25, 0.3) is 0 Å². The lowest BCUT2D eigenvalue weighted by atomic mass is 10.2. The minimum atomic E-state index is -0.874. The number of thiocarbonyl (C=S) groups is 1. The molecule has 1 fully saturated rings. The zero-order valence-corrected chi connectivity index (χ0v) is 10.6. The molecule has 1 aromatic rings. The molecule has 0 spiro atoms. The zero-order valence-electron chi connectivity index (χ0n) is 8.97. The molecule has 2 atom stereocenters. The van der Waals surface area contributed by atoms with Gasteiger partial charge in [0.15, 0.2) is 0 Å². The van der Waals surface area contributed by atoms with Gasteiger partial charge in [-0.3, -0.25) is 4.79 Å². The predicted molar refractivity (Wildman–Crippen MR) is 67.5 cm³/mol. The highest BCUT2D eigenvalue weighted by Gasteiger charge is 2.36. The van der Waals surface area contributed by atoms with Crippen molar-refractivity contribution in [1.29, 1.82) is 0 Å². The second kappa shape index (κ2) is 6.03. The van der Waals surface area contributed by atoms with Gasteiger partial charge >= 0.3 is 0 Å². The quantitative estimate of drug-likeness (QED) is 0.799. The van der Waals surface area contributed by atoms with Gasteiger partial charge in [0.1, 0.15) is 11.9 Å². The van der Waals surface area contributed by atoms with Crippen LogP contribution in [0.4, 0.5) is 4.79 Å². The third kappa shape index (κ3) is 2.84. The maximum absolute atomic E-state index is 11.0. The first kappa shape index (κ1) is 13.2. The Balaban J connectivity index is 0.000000606. The summed E-state index contributed by atoms with van der Waals surface area (Å²) in [7, 11) is 0. The summed E-state index contributed by atoms with van der Waals surface area (Å²) in [6.45, 7) is 4.00. The topological polar surface area (TPSA) is 62.5 Å². The largest absolute Gasteiger partial charge is 0.467 e. The molecule has 1 saturated heterocycles. The molecular formula is C10H13NO3S2. The Morgan fingerprint density at radius 3 is 2.75 bits per heavy atom. The number of aliphatic hydroxyl groups excluding tert-OH is 1. The fourth-order valence-corrected chi connectivity index (χ4v) is 2.45. The number of carbonyl (C=O) groups excluding carboxylic acids is 1. The molecule has 1 aromatic heterocycles. The molecule has 1 aliphatic heterocycles. The highest BCUT2D eigenvalue weighted by atomic mass is 32.2. The Labute approximate surface area is 103 Å². The van der Waals surface area contributed by atoms with E-state index < -0.39 is 11.4 Å². The first-order chi connectivity index (χ1) is 7.68. The van der Waals surface area contributed by atoms with Crippen LogP contribution in [0.15, 0.2) is 22.8 Å². The number of thioether (sulfide) groups is 1. The monoisotopic (exact) mass is 259 g/mol. The molecule has 2 rings (SSSR count). The molecule has 2 heterocycles. The first-order valence-electron chi connectivity index (χ1n) is 4.91. The first-order valence-corrected chi connectivity index (χ1v) is 6.20. The minimum Gasteiger partial charge on any atom is -0.467 e. The fourth-order valence-electron chi connectivity index (χ4n) is 1.19. The van der Waals surface area contributed by atoms with E-state index in [-0.39, 0.29) is 5.24 Å². The van der Waals surface area contributed by atoms with Crippen molar-refractivity contribution in [2.75, 3.05) is 0 Å². The van der Waals surface area contributed by atoms with Crippen molar-refractivity contribution in [3.8, 4) is 0 Å². The lowest BCUT2D eigenvalue weighted by Crippen LogP contribution is -2.26. The van der Waals surface area contributed by atoms with Gasteiger partial charge in [-0.25, -0.2) is 0 Å². The Hall–Kier alpha value is -0.850. The molecule has 0 aromatic carbocycles. The summed E-state index contributed by atoms with van der Waals surface area (Å²) in [6.07, 6.45) is 0.595. The molecule has 2 N–H and O–H groups in total. The number of hydrogen-bond donors (Lipinski definition) is 2. The van der Waals surface area contributed by atoms with E-state index in [9.17, 15) is 9.90 Å². The van der Waals surface area contributed by atoms with Crippen molar-refractivity contribution >= 4 is 34.2 Å². The molecule has 2 unspecified atom stereocenters. The average molecular weight is 259 g/mol. The molecule has 1 aliphatic rings. The summed E-state index contributed by atoms with van der Waals surface area (Å²) < 4.78 is 5.03. The van der Waals surface area contributed by atoms with Crippen molar-refractivity contribution in [3.05, 3.63) is 24.2 Å². The minimum absolute atomic E-state index is 0.231. The van der Waals surface area contributed by atoms with Crippen LogP contribution in [0.1, 0.15) is 25.7 Å². The molecular weight excluding hydrogens is 246 g/mol. The lowest BCUT2D eigenvalue weighted by molar-refractivity contribution is 0.162. The summed E-state index contributed by atoms with van der Waals surface area (Å²) in [5.74, 6) is 0.418. The molecule has 1 amide bonds. The normalized spacial score (nSPS) is 21.1. The molecule has 0 bridgehead atoms. The standard InChI is InChI=1S/C8H7NO3S2.C2H6/c10-5(4-2-1-3-12-4)6-7(13)9-8(11)14-6;1-2/h1-3,5-6,10H,(H,9,11,13);1-2H3. The van der Waals surface area contributed by atoms with Gasteiger partial charge in [-0.05, 0) is 12.1 Å². The number of carbonyl (C=O) groups is 1. The second-order valence-corrected chi connectivity index (χ2v) is 4.33. The molecule has 6 heteroatoms. The average Bonchev–Trinajstić information content (AvgIpc) is 2.90. The van der Waals surface area contributed by atoms with Gasteiger partial charge in [-0.2, -0.15) is 0 Å². The maximum Gasteiger partial charge on any atom is 0.284 e. The Bertz CT molecular complexity index is 364. The summed E-state index contributed by atoms with van der Waals surface area (Å²) >= 11 is 5.89. The van der Waals surface area contributed by atoms with Crippen LogP contribution in [0.2, 0.25) is 0 Å². The van der Waals surface area contributed by atoms with Crippen LogP contribution in [0.5, 0.6) is 0 Å². The number of furan rings is 1. The Kier molecular flexibility index (Phi) is 4.98. The van der Waals surface area contributed by atoms with Gasteiger partial charge in [0.25, 0.3) is 5.24 Å². The number of aliphatic hydroxyl groups is 1. The molecule has 88 valence electrons. The van der Waals surface area contributed by atoms with E-state index >= 15 is 0 Å². The van der Waals surface area contributed by atoms with Crippen LogP contribution in [0, 0.1) is 0 Å². The van der Waals surface area contributed by atoms with Crippen LogP contribution in [0.3, 0.4) is 0 Å². The number of nitrogens with one attached hydrogen (secondary N) is 1. The van der Waals surface area contributed by atoms with Gasteiger partial charge in [0, 0.05) is 0 Å². The van der Waals surface area contributed by atoms with Crippen molar-refractivity contribution in [2.45, 2.75) is 25.2 Å². The van der Waals surface area contributed by atoms with Gasteiger partial charge in [0.2, 0.25) is 0 Å². The van der Waals surface area contributed by atoms with E-state index in [2.05, 4.69) is 5.32 Å². The third-order valence-electron chi connectivity index (χ3n) is 1.84. The van der Waals surface area contributed by atoms with Crippen LogP contribution >= 0.6 is 24.0 Å². The number of amides is 1. The van der Waals surface area contributed by atoms with Crippen molar-refractivity contribution in [1.82, 2.24) is 5.32 Å². The highest BCUT2D eigenvalue weighted by Crippen LogP contribution is 2.31. The van der Waals surface area contributed by atoms with Crippen LogP contribution in [-0.4, -0.2) is 20.6 Å². The van der Waals surface area contributed by atoms with Gasteiger partial charge < -0.3 is 14.8 Å². The molecule has 16 heavy (non-hydrogen) atoms. The number of hydrogen-bond acceptors (Lipinski definition) is 5. The van der Waals surface area contributed by atoms with Crippen molar-refractivity contribution in [3.63, 3.8) is 0 Å². The second-order valence-electron chi connectivity index (χ2n) is 2.78. The number of rotatable bonds is 2. The Morgan fingerprint density at radius 2 is 2.31 bits per heavy atom. The molecule has 0 saturated carbocycles. The SMILES string of the molecule is CC.O=C1NC(=S)C(C(O)c2ccco2)S1. The Morgan fingerprint density at radius 1 is 1.62 bits per heavy atom. The summed E-state index contributed by atoms with van der Waals surface area (Å²) in [4.78, 5) is 11.3. The fraction of sp³-hybridized carbons (Fsp3) is 0.400. The van der Waals surface area contributed by atoms with Crippen LogP contribution < -0.4 is 5.32 Å². The smallest absolute Gasteiger partial charge is 0.284 e. The summed E-state index contributed by atoms with van der Waals surface area (Å²) in [5, 5.41) is 11.6. The van der Waals surface area contributed by atoms with Gasteiger partial charge in [-0.15, -0.1) is 0 Å². The summed E-state index contributed by atoms with van der Waals surface area (Å²) in [6, 6.07) is 3.33. The van der Waals surface area contributed by atoms with E-state index in [1.54, 1.807) is 12.1 Å². The van der Waals surface area contributed by atoms with E-state index in [0.717, 1.165) is 11.8 Å². The molecule has 0 radical (unpaired) electrons. The van der Waals surface area contributed by atoms with E-state index in [0.29, 0.717) is 10.7 Å². The van der Waals surface area contributed by atoms with Crippen molar-refractivity contribution in [2.24, 2.45) is 0 Å². The van der Waals surface area contributed by atoms with Gasteiger partial charge in [0.05, 0.1) is 16.5 Å². The highest BCUT2D eigenvalue weighted by molar-refractivity contribution is 8.16. The van der Waals surface area contributed by atoms with Gasteiger partial charge in [-0.1, -0.05) is 37.8 Å². The molecule has 4 nitrogen and oxygen atoms in total. The lowest BCUT2D eigenvalue weighted by Gasteiger charge is -2.12. The zero-order chi connectivity index (χ0) is 12.1. The van der Waals surface area contributed by atoms with E-state index in [1.807, 2.05) is 13.8 Å². The third-order valence-corrected chi connectivity index (χ3v) is 3.41. The predicted octanol–water partition coefficient (Wildman–Crippen LogP) is 2.49. The van der Waals surface area contributed by atoms with Crippen LogP contribution in [-0.2, 0) is 0 Å². The van der Waals surface area contributed by atoms with Crippen molar-refractivity contribution < 1.29 is 14.3 Å². The maximum atomic E-state index is 11.0. The summed E-state index contributed by atoms with van der Waals surface area (Å²) in [5.41, 5.74) is 0. The molecule has 0 aliphatic carbocycles. The van der Waals surface area contributed by atoms with E-state index in [4.69, 9.17) is 16.6 Å². The van der Waals surface area contributed by atoms with E-state index in [1.165, 1.54) is 6.26 Å².